The molecule has 0 aromatic carbocycles. The van der Waals surface area contributed by atoms with Gasteiger partial charge < -0.3 is 5.73 Å². The summed E-state index contributed by atoms with van der Waals surface area (Å²) in [7, 11) is 0. The number of hydrogen-bond donors (Lipinski definition) is 1. The average molecular weight is 307 g/mol. The van der Waals surface area contributed by atoms with Gasteiger partial charge in [0, 0.05) is 6.54 Å². The van der Waals surface area contributed by atoms with Crippen LogP contribution in [-0.4, -0.2) is 9.78 Å². The minimum absolute atomic E-state index is 0.650. The topological polar surface area (TPSA) is 43.8 Å². The molecule has 0 saturated carbocycles. The lowest BCUT2D eigenvalue weighted by atomic mass is 10.1. The van der Waals surface area contributed by atoms with Crippen LogP contribution in [0.1, 0.15) is 32.4 Å². The molecule has 80 valence electrons. The Morgan fingerprint density at radius 2 is 2.21 bits per heavy atom. The van der Waals surface area contributed by atoms with E-state index in [0.29, 0.717) is 5.92 Å². The van der Waals surface area contributed by atoms with Gasteiger partial charge in [0.1, 0.15) is 5.82 Å². The second-order valence-electron chi connectivity index (χ2n) is 3.86. The van der Waals surface area contributed by atoms with Crippen molar-refractivity contribution in [3.05, 3.63) is 9.26 Å². The van der Waals surface area contributed by atoms with Crippen molar-refractivity contribution in [1.29, 1.82) is 0 Å². The van der Waals surface area contributed by atoms with Crippen LogP contribution in [0.25, 0.3) is 0 Å². The van der Waals surface area contributed by atoms with Crippen molar-refractivity contribution >= 4 is 28.4 Å². The van der Waals surface area contributed by atoms with Crippen LogP contribution < -0.4 is 5.73 Å². The molecule has 0 fully saturated rings. The number of anilines is 1. The molecule has 1 unspecified atom stereocenters. The van der Waals surface area contributed by atoms with Gasteiger partial charge in [-0.1, -0.05) is 20.3 Å². The highest BCUT2D eigenvalue weighted by molar-refractivity contribution is 14.1. The van der Waals surface area contributed by atoms with Crippen LogP contribution in [-0.2, 0) is 6.54 Å². The monoisotopic (exact) mass is 307 g/mol. The molecule has 0 amide bonds. The van der Waals surface area contributed by atoms with E-state index in [2.05, 4.69) is 41.5 Å². The first-order chi connectivity index (χ1) is 6.56. The van der Waals surface area contributed by atoms with E-state index < -0.39 is 0 Å². The molecule has 4 heteroatoms. The summed E-state index contributed by atoms with van der Waals surface area (Å²) in [5.74, 6) is 1.46. The summed E-state index contributed by atoms with van der Waals surface area (Å²) in [5.41, 5.74) is 6.97. The molecule has 1 aromatic rings. The summed E-state index contributed by atoms with van der Waals surface area (Å²) in [6.45, 7) is 7.38. The second-order valence-corrected chi connectivity index (χ2v) is 4.94. The van der Waals surface area contributed by atoms with Gasteiger partial charge in [0.25, 0.3) is 0 Å². The maximum Gasteiger partial charge on any atom is 0.135 e. The fraction of sp³-hybridized carbons (Fsp3) is 0.700. The SMILES string of the molecule is CCCC(C)Cn1nc(C)c(I)c1N. The Morgan fingerprint density at radius 1 is 1.57 bits per heavy atom. The molecule has 0 bridgehead atoms. The smallest absolute Gasteiger partial charge is 0.135 e. The summed E-state index contributed by atoms with van der Waals surface area (Å²) in [4.78, 5) is 0. The number of hydrogen-bond acceptors (Lipinski definition) is 2. The van der Waals surface area contributed by atoms with Crippen LogP contribution in [0.2, 0.25) is 0 Å². The summed E-state index contributed by atoms with van der Waals surface area (Å²) >= 11 is 2.25. The third-order valence-electron chi connectivity index (χ3n) is 2.36. The maximum absolute atomic E-state index is 5.94. The minimum Gasteiger partial charge on any atom is -0.383 e. The predicted octanol–water partition coefficient (Wildman–Crippen LogP) is 2.81. The van der Waals surface area contributed by atoms with Crippen LogP contribution >= 0.6 is 22.6 Å². The number of nitrogens with zero attached hydrogens (tertiary/aromatic N) is 2. The molecule has 3 nitrogen and oxygen atoms in total. The first-order valence-corrected chi connectivity index (χ1v) is 6.12. The van der Waals surface area contributed by atoms with Gasteiger partial charge in [-0.3, -0.25) is 0 Å². The molecule has 1 aromatic heterocycles. The molecule has 0 aliphatic rings. The van der Waals surface area contributed by atoms with E-state index in [4.69, 9.17) is 5.73 Å². The van der Waals surface area contributed by atoms with Gasteiger partial charge >= 0.3 is 0 Å². The van der Waals surface area contributed by atoms with Gasteiger partial charge in [-0.05, 0) is 41.9 Å². The number of halogens is 1. The molecule has 1 rings (SSSR count). The van der Waals surface area contributed by atoms with Gasteiger partial charge in [0.15, 0.2) is 0 Å². The van der Waals surface area contributed by atoms with Gasteiger partial charge in [0.2, 0.25) is 0 Å². The molecule has 1 atom stereocenters. The number of nitrogen functional groups attached to an aromatic ring is 1. The van der Waals surface area contributed by atoms with Gasteiger partial charge in [-0.2, -0.15) is 5.10 Å². The Balaban J connectivity index is 2.72. The lowest BCUT2D eigenvalue weighted by molar-refractivity contribution is 0.423. The maximum atomic E-state index is 5.94. The molecule has 0 aliphatic carbocycles. The zero-order chi connectivity index (χ0) is 10.7. The number of rotatable bonds is 4. The van der Waals surface area contributed by atoms with Crippen molar-refractivity contribution in [2.45, 2.75) is 40.2 Å². The Hall–Kier alpha value is -0.260. The number of aryl methyl sites for hydroxylation is 1. The third-order valence-corrected chi connectivity index (χ3v) is 3.69. The van der Waals surface area contributed by atoms with Crippen LogP contribution in [0.5, 0.6) is 0 Å². The fourth-order valence-electron chi connectivity index (χ4n) is 1.60. The molecular formula is C10H18IN3. The minimum atomic E-state index is 0.650. The van der Waals surface area contributed by atoms with E-state index in [1.165, 1.54) is 12.8 Å². The molecular weight excluding hydrogens is 289 g/mol. The molecule has 0 saturated heterocycles. The Bertz CT molecular complexity index is 307. The first-order valence-electron chi connectivity index (χ1n) is 5.04. The van der Waals surface area contributed by atoms with E-state index in [9.17, 15) is 0 Å². The van der Waals surface area contributed by atoms with Gasteiger partial charge in [-0.25, -0.2) is 4.68 Å². The Kier molecular flexibility index (Phi) is 4.22. The Morgan fingerprint density at radius 3 is 2.64 bits per heavy atom. The van der Waals surface area contributed by atoms with Crippen LogP contribution in [0.15, 0.2) is 0 Å². The van der Waals surface area contributed by atoms with Crippen molar-refractivity contribution in [2.24, 2.45) is 5.92 Å². The average Bonchev–Trinajstić information content (AvgIpc) is 2.34. The first kappa shape index (κ1) is 11.8. The highest BCUT2D eigenvalue weighted by Gasteiger charge is 2.11. The van der Waals surface area contributed by atoms with E-state index in [0.717, 1.165) is 21.6 Å². The number of nitrogens with two attached hydrogens (primary N) is 1. The van der Waals surface area contributed by atoms with Crippen LogP contribution in [0.4, 0.5) is 5.82 Å². The van der Waals surface area contributed by atoms with Crippen molar-refractivity contribution < 1.29 is 0 Å². The zero-order valence-electron chi connectivity index (χ0n) is 9.05. The molecule has 1 heterocycles. The molecule has 0 aliphatic heterocycles. The summed E-state index contributed by atoms with van der Waals surface area (Å²) in [5, 5.41) is 4.42. The van der Waals surface area contributed by atoms with Crippen LogP contribution in [0.3, 0.4) is 0 Å². The fourth-order valence-corrected chi connectivity index (χ4v) is 1.98. The van der Waals surface area contributed by atoms with Crippen LogP contribution in [0, 0.1) is 16.4 Å². The van der Waals surface area contributed by atoms with Crippen molar-refractivity contribution in [3.8, 4) is 0 Å². The lowest BCUT2D eigenvalue weighted by Gasteiger charge is -2.10. The third kappa shape index (κ3) is 2.62. The van der Waals surface area contributed by atoms with Crippen molar-refractivity contribution in [1.82, 2.24) is 9.78 Å². The van der Waals surface area contributed by atoms with Gasteiger partial charge in [-0.15, -0.1) is 0 Å². The van der Waals surface area contributed by atoms with Gasteiger partial charge in [0.05, 0.1) is 9.26 Å². The lowest BCUT2D eigenvalue weighted by Crippen LogP contribution is -2.11. The van der Waals surface area contributed by atoms with E-state index in [1.54, 1.807) is 0 Å². The number of aromatic nitrogens is 2. The molecule has 14 heavy (non-hydrogen) atoms. The van der Waals surface area contributed by atoms with E-state index in [1.807, 2.05) is 11.6 Å². The molecule has 0 spiro atoms. The van der Waals surface area contributed by atoms with E-state index in [-0.39, 0.29) is 0 Å². The van der Waals surface area contributed by atoms with Crippen molar-refractivity contribution in [3.63, 3.8) is 0 Å². The molecule has 0 radical (unpaired) electrons. The Labute approximate surface area is 99.2 Å². The zero-order valence-corrected chi connectivity index (χ0v) is 11.2. The quantitative estimate of drug-likeness (QED) is 0.869. The van der Waals surface area contributed by atoms with E-state index >= 15 is 0 Å². The summed E-state index contributed by atoms with van der Waals surface area (Å²) in [6, 6.07) is 0. The summed E-state index contributed by atoms with van der Waals surface area (Å²) in [6.07, 6.45) is 2.45. The molecule has 2 N–H and O–H groups in total. The standard InChI is InChI=1S/C10H18IN3/c1-4-5-7(2)6-14-10(12)9(11)8(3)13-14/h7H,4-6,12H2,1-3H3. The summed E-state index contributed by atoms with van der Waals surface area (Å²) < 4.78 is 3.02. The normalized spacial score (nSPS) is 13.1. The highest BCUT2D eigenvalue weighted by Crippen LogP contribution is 2.20. The largest absolute Gasteiger partial charge is 0.383 e. The predicted molar refractivity (Wildman–Crippen MR) is 68.2 cm³/mol. The highest BCUT2D eigenvalue weighted by atomic mass is 127. The second kappa shape index (κ2) is 5.00. The van der Waals surface area contributed by atoms with Crippen molar-refractivity contribution in [2.75, 3.05) is 5.73 Å².